The van der Waals surface area contributed by atoms with Gasteiger partial charge in [0.15, 0.2) is 0 Å². The van der Waals surface area contributed by atoms with Crippen molar-refractivity contribution in [2.45, 2.75) is 26.3 Å². The van der Waals surface area contributed by atoms with Crippen LogP contribution in [0.4, 0.5) is 0 Å². The van der Waals surface area contributed by atoms with Gasteiger partial charge in [0.05, 0.1) is 13.0 Å². The Balaban J connectivity index is 2.13. The molecule has 0 unspecified atom stereocenters. The van der Waals surface area contributed by atoms with Crippen molar-refractivity contribution in [1.82, 2.24) is 10.2 Å². The van der Waals surface area contributed by atoms with Crippen LogP contribution in [0, 0.1) is 12.8 Å². The molecule has 0 aliphatic carbocycles. The van der Waals surface area contributed by atoms with Gasteiger partial charge in [-0.2, -0.15) is 0 Å². The Morgan fingerprint density at radius 2 is 2.09 bits per heavy atom. The molecule has 0 radical (unpaired) electrons. The van der Waals surface area contributed by atoms with Crippen LogP contribution in [0.2, 0.25) is 0 Å². The first-order valence-electron chi connectivity index (χ1n) is 7.68. The zero-order valence-electron chi connectivity index (χ0n) is 13.5. The van der Waals surface area contributed by atoms with Gasteiger partial charge in [-0.1, -0.05) is 24.3 Å². The molecule has 1 fully saturated rings. The Hall–Kier alpha value is -2.37. The molecule has 0 aromatic heterocycles. The molecule has 1 atom stereocenters. The number of hydrogen-bond donors (Lipinski definition) is 1. The SMILES string of the molecule is COC(=O)CN(Cc1ccccc1C)C(=O)[C@H]1CCC(=O)NC1. The summed E-state index contributed by atoms with van der Waals surface area (Å²) in [6, 6.07) is 7.75. The van der Waals surface area contributed by atoms with Crippen LogP contribution < -0.4 is 5.32 Å². The van der Waals surface area contributed by atoms with Crippen LogP contribution in [0.15, 0.2) is 24.3 Å². The lowest BCUT2D eigenvalue weighted by Crippen LogP contribution is -2.46. The number of nitrogens with one attached hydrogen (secondary N) is 1. The van der Waals surface area contributed by atoms with Gasteiger partial charge in [-0.25, -0.2) is 0 Å². The fourth-order valence-corrected chi connectivity index (χ4v) is 2.63. The molecule has 23 heavy (non-hydrogen) atoms. The van der Waals surface area contributed by atoms with Crippen molar-refractivity contribution in [2.24, 2.45) is 5.92 Å². The van der Waals surface area contributed by atoms with Crippen LogP contribution in [0.5, 0.6) is 0 Å². The molecule has 1 saturated heterocycles. The molecule has 0 spiro atoms. The van der Waals surface area contributed by atoms with E-state index in [-0.39, 0.29) is 24.3 Å². The van der Waals surface area contributed by atoms with E-state index >= 15 is 0 Å². The Morgan fingerprint density at radius 3 is 2.70 bits per heavy atom. The van der Waals surface area contributed by atoms with Crippen LogP contribution in [0.3, 0.4) is 0 Å². The highest BCUT2D eigenvalue weighted by Gasteiger charge is 2.29. The zero-order valence-corrected chi connectivity index (χ0v) is 13.5. The molecule has 2 amide bonds. The minimum absolute atomic E-state index is 0.0347. The number of esters is 1. The van der Waals surface area contributed by atoms with Gasteiger partial charge >= 0.3 is 5.97 Å². The maximum atomic E-state index is 12.7. The lowest BCUT2D eigenvalue weighted by atomic mass is 9.97. The predicted octanol–water partition coefficient (Wildman–Crippen LogP) is 1.02. The third-order valence-corrected chi connectivity index (χ3v) is 4.10. The molecule has 124 valence electrons. The number of methoxy groups -OCH3 is 1. The largest absolute Gasteiger partial charge is 0.468 e. The summed E-state index contributed by atoms with van der Waals surface area (Å²) in [6.45, 7) is 2.55. The second-order valence-electron chi connectivity index (χ2n) is 5.74. The summed E-state index contributed by atoms with van der Waals surface area (Å²) in [5.74, 6) is -0.903. The lowest BCUT2D eigenvalue weighted by molar-refractivity contribution is -0.149. The van der Waals surface area contributed by atoms with Gasteiger partial charge in [0, 0.05) is 19.5 Å². The van der Waals surface area contributed by atoms with E-state index in [0.29, 0.717) is 25.9 Å². The summed E-state index contributed by atoms with van der Waals surface area (Å²) in [7, 11) is 1.31. The molecule has 6 nitrogen and oxygen atoms in total. The molecule has 1 aliphatic rings. The molecule has 6 heteroatoms. The molecule has 0 saturated carbocycles. The van der Waals surface area contributed by atoms with E-state index in [4.69, 9.17) is 4.74 Å². The second kappa shape index (κ2) is 7.76. The van der Waals surface area contributed by atoms with Gasteiger partial charge in [-0.15, -0.1) is 0 Å². The quantitative estimate of drug-likeness (QED) is 0.823. The number of piperidine rings is 1. The summed E-state index contributed by atoms with van der Waals surface area (Å²) >= 11 is 0. The topological polar surface area (TPSA) is 75.7 Å². The predicted molar refractivity (Wildman–Crippen MR) is 84.3 cm³/mol. The van der Waals surface area contributed by atoms with Crippen molar-refractivity contribution in [3.05, 3.63) is 35.4 Å². The standard InChI is InChI=1S/C17H22N2O4/c1-12-5-3-4-6-14(12)10-19(11-16(21)23-2)17(22)13-7-8-15(20)18-9-13/h3-6,13H,7-11H2,1-2H3,(H,18,20)/t13-/m0/s1. The van der Waals surface area contributed by atoms with Crippen molar-refractivity contribution in [3.8, 4) is 0 Å². The summed E-state index contributed by atoms with van der Waals surface area (Å²) < 4.78 is 4.70. The second-order valence-corrected chi connectivity index (χ2v) is 5.74. The Labute approximate surface area is 135 Å². The number of rotatable bonds is 5. The van der Waals surface area contributed by atoms with Crippen LogP contribution in [-0.4, -0.2) is 42.9 Å². The van der Waals surface area contributed by atoms with Gasteiger partial charge in [-0.3, -0.25) is 14.4 Å². The van der Waals surface area contributed by atoms with Gasteiger partial charge in [-0.05, 0) is 24.5 Å². The summed E-state index contributed by atoms with van der Waals surface area (Å²) in [6.07, 6.45) is 0.850. The Bertz CT molecular complexity index is 590. The number of benzene rings is 1. The van der Waals surface area contributed by atoms with E-state index in [1.165, 1.54) is 12.0 Å². The molecule has 1 aromatic carbocycles. The average molecular weight is 318 g/mol. The van der Waals surface area contributed by atoms with Gasteiger partial charge in [0.2, 0.25) is 11.8 Å². The highest BCUT2D eigenvalue weighted by Crippen LogP contribution is 2.17. The first-order valence-corrected chi connectivity index (χ1v) is 7.68. The number of amides is 2. The molecule has 1 N–H and O–H groups in total. The number of carbonyl (C=O) groups excluding carboxylic acids is 3. The third kappa shape index (κ3) is 4.55. The number of hydrogen-bond acceptors (Lipinski definition) is 4. The van der Waals surface area contributed by atoms with Crippen LogP contribution in [0.1, 0.15) is 24.0 Å². The molecule has 1 aromatic rings. The van der Waals surface area contributed by atoms with Crippen molar-refractivity contribution in [3.63, 3.8) is 0 Å². The van der Waals surface area contributed by atoms with E-state index in [1.54, 1.807) is 0 Å². The van der Waals surface area contributed by atoms with Crippen molar-refractivity contribution in [1.29, 1.82) is 0 Å². The molecule has 1 aliphatic heterocycles. The van der Waals surface area contributed by atoms with Gasteiger partial charge in [0.1, 0.15) is 6.54 Å². The number of nitrogens with zero attached hydrogens (tertiary/aromatic N) is 1. The van der Waals surface area contributed by atoms with E-state index in [9.17, 15) is 14.4 Å². The summed E-state index contributed by atoms with van der Waals surface area (Å²) in [5, 5.41) is 2.71. The molecule has 0 bridgehead atoms. The maximum Gasteiger partial charge on any atom is 0.325 e. The Morgan fingerprint density at radius 1 is 1.35 bits per heavy atom. The minimum Gasteiger partial charge on any atom is -0.468 e. The van der Waals surface area contributed by atoms with Crippen molar-refractivity contribution in [2.75, 3.05) is 20.2 Å². The number of ether oxygens (including phenoxy) is 1. The number of carbonyl (C=O) groups is 3. The fraction of sp³-hybridized carbons (Fsp3) is 0.471. The smallest absolute Gasteiger partial charge is 0.325 e. The normalized spacial score (nSPS) is 17.3. The highest BCUT2D eigenvalue weighted by atomic mass is 16.5. The average Bonchev–Trinajstić information content (AvgIpc) is 2.56. The molecule has 1 heterocycles. The van der Waals surface area contributed by atoms with Crippen LogP contribution in [0.25, 0.3) is 0 Å². The van der Waals surface area contributed by atoms with Crippen molar-refractivity contribution < 1.29 is 19.1 Å². The maximum absolute atomic E-state index is 12.7. The monoisotopic (exact) mass is 318 g/mol. The van der Waals surface area contributed by atoms with Crippen molar-refractivity contribution >= 4 is 17.8 Å². The summed E-state index contributed by atoms with van der Waals surface area (Å²) in [5.41, 5.74) is 2.05. The first-order chi connectivity index (χ1) is 11.0. The first kappa shape index (κ1) is 17.0. The number of aryl methyl sites for hydroxylation is 1. The summed E-state index contributed by atoms with van der Waals surface area (Å²) in [4.78, 5) is 37.2. The van der Waals surface area contributed by atoms with Crippen LogP contribution >= 0.6 is 0 Å². The zero-order chi connectivity index (χ0) is 16.8. The fourth-order valence-electron chi connectivity index (χ4n) is 2.63. The highest BCUT2D eigenvalue weighted by molar-refractivity contribution is 5.86. The van der Waals surface area contributed by atoms with E-state index in [2.05, 4.69) is 5.32 Å². The molecular formula is C17H22N2O4. The van der Waals surface area contributed by atoms with E-state index < -0.39 is 5.97 Å². The van der Waals surface area contributed by atoms with Gasteiger partial charge in [0.25, 0.3) is 0 Å². The minimum atomic E-state index is -0.452. The van der Waals surface area contributed by atoms with E-state index in [1.807, 2.05) is 31.2 Å². The lowest BCUT2D eigenvalue weighted by Gasteiger charge is -2.29. The van der Waals surface area contributed by atoms with Crippen LogP contribution in [-0.2, 0) is 25.7 Å². The molecular weight excluding hydrogens is 296 g/mol. The third-order valence-electron chi connectivity index (χ3n) is 4.10. The van der Waals surface area contributed by atoms with Gasteiger partial charge < -0.3 is 15.0 Å². The van der Waals surface area contributed by atoms with E-state index in [0.717, 1.165) is 11.1 Å². The molecule has 2 rings (SSSR count). The Kier molecular flexibility index (Phi) is 5.73.